The molecule has 1 aliphatic rings. The van der Waals surface area contributed by atoms with Gasteiger partial charge in [-0.05, 0) is 42.3 Å². The van der Waals surface area contributed by atoms with Crippen LogP contribution in [0, 0.1) is 6.92 Å². The lowest BCUT2D eigenvalue weighted by Gasteiger charge is -2.35. The van der Waals surface area contributed by atoms with Crippen molar-refractivity contribution in [3.05, 3.63) is 72.1 Å². The molecule has 0 radical (unpaired) electrons. The van der Waals surface area contributed by atoms with E-state index in [9.17, 15) is 4.79 Å². The van der Waals surface area contributed by atoms with Crippen molar-refractivity contribution < 1.29 is 4.79 Å². The van der Waals surface area contributed by atoms with E-state index >= 15 is 0 Å². The van der Waals surface area contributed by atoms with Crippen molar-refractivity contribution in [2.45, 2.75) is 13.3 Å². The topological polar surface area (TPSA) is 62.2 Å². The van der Waals surface area contributed by atoms with E-state index in [4.69, 9.17) is 0 Å². The lowest BCUT2D eigenvalue weighted by molar-refractivity contribution is -0.130. The van der Waals surface area contributed by atoms with Crippen molar-refractivity contribution in [2.75, 3.05) is 31.1 Å². The van der Waals surface area contributed by atoms with Crippen LogP contribution in [-0.2, 0) is 11.2 Å². The Labute approximate surface area is 164 Å². The molecular formula is C22H23N5O. The molecule has 0 N–H and O–H groups in total. The molecule has 1 aliphatic heterocycles. The molecule has 3 heterocycles. The Bertz CT molecular complexity index is 935. The molecule has 0 saturated carbocycles. The van der Waals surface area contributed by atoms with Gasteiger partial charge in [0.15, 0.2) is 5.82 Å². The normalized spacial score (nSPS) is 14.2. The molecule has 0 bridgehead atoms. The fourth-order valence-corrected chi connectivity index (χ4v) is 3.43. The number of pyridine rings is 1. The number of amides is 1. The minimum Gasteiger partial charge on any atom is -0.352 e. The second kappa shape index (κ2) is 8.17. The van der Waals surface area contributed by atoms with Crippen LogP contribution in [0.1, 0.15) is 11.1 Å². The molecular weight excluding hydrogens is 350 g/mol. The highest BCUT2D eigenvalue weighted by Gasteiger charge is 2.22. The average Bonchev–Trinajstić information content (AvgIpc) is 2.76. The zero-order valence-corrected chi connectivity index (χ0v) is 16.0. The van der Waals surface area contributed by atoms with Gasteiger partial charge in [-0.25, -0.2) is 0 Å². The van der Waals surface area contributed by atoms with Crippen LogP contribution in [-0.4, -0.2) is 52.2 Å². The Kier molecular flexibility index (Phi) is 5.28. The third kappa shape index (κ3) is 4.01. The van der Waals surface area contributed by atoms with Gasteiger partial charge in [0.2, 0.25) is 5.91 Å². The van der Waals surface area contributed by atoms with Crippen LogP contribution in [0.4, 0.5) is 5.82 Å². The maximum atomic E-state index is 12.6. The molecule has 3 aromatic rings. The molecule has 0 spiro atoms. The summed E-state index contributed by atoms with van der Waals surface area (Å²) >= 11 is 0. The number of benzene rings is 1. The van der Waals surface area contributed by atoms with Gasteiger partial charge in [0.25, 0.3) is 0 Å². The van der Waals surface area contributed by atoms with E-state index < -0.39 is 0 Å². The van der Waals surface area contributed by atoms with Gasteiger partial charge in [-0.15, -0.1) is 10.2 Å². The zero-order valence-electron chi connectivity index (χ0n) is 16.0. The first-order valence-corrected chi connectivity index (χ1v) is 9.52. The quantitative estimate of drug-likeness (QED) is 0.704. The van der Waals surface area contributed by atoms with Crippen LogP contribution in [0.25, 0.3) is 11.3 Å². The first-order valence-electron chi connectivity index (χ1n) is 9.52. The Balaban J connectivity index is 1.35. The van der Waals surface area contributed by atoms with Gasteiger partial charge >= 0.3 is 0 Å². The van der Waals surface area contributed by atoms with Crippen LogP contribution >= 0.6 is 0 Å². The third-order valence-electron chi connectivity index (χ3n) is 5.17. The molecule has 1 fully saturated rings. The molecule has 6 nitrogen and oxygen atoms in total. The van der Waals surface area contributed by atoms with E-state index in [1.165, 1.54) is 5.56 Å². The lowest BCUT2D eigenvalue weighted by Crippen LogP contribution is -2.49. The van der Waals surface area contributed by atoms with Crippen LogP contribution in [0.3, 0.4) is 0 Å². The summed E-state index contributed by atoms with van der Waals surface area (Å²) in [5, 5.41) is 8.70. The van der Waals surface area contributed by atoms with Crippen LogP contribution < -0.4 is 4.90 Å². The summed E-state index contributed by atoms with van der Waals surface area (Å²) in [5.74, 6) is 1.03. The predicted octanol–water partition coefficient (Wildman–Crippen LogP) is 2.74. The minimum atomic E-state index is 0.187. The summed E-state index contributed by atoms with van der Waals surface area (Å²) < 4.78 is 0. The first kappa shape index (κ1) is 18.1. The van der Waals surface area contributed by atoms with Crippen molar-refractivity contribution in [3.63, 3.8) is 0 Å². The van der Waals surface area contributed by atoms with Gasteiger partial charge in [-0.3, -0.25) is 9.78 Å². The van der Waals surface area contributed by atoms with Crippen LogP contribution in [0.2, 0.25) is 0 Å². The molecule has 1 aromatic carbocycles. The summed E-state index contributed by atoms with van der Waals surface area (Å²) in [5.41, 5.74) is 4.03. The molecule has 0 atom stereocenters. The van der Waals surface area contributed by atoms with Crippen molar-refractivity contribution in [2.24, 2.45) is 0 Å². The molecule has 142 valence electrons. The highest BCUT2D eigenvalue weighted by atomic mass is 16.2. The van der Waals surface area contributed by atoms with Gasteiger partial charge in [0.1, 0.15) is 0 Å². The number of carbonyl (C=O) groups excluding carboxylic acids is 1. The first-order chi connectivity index (χ1) is 13.7. The van der Waals surface area contributed by atoms with Gasteiger partial charge < -0.3 is 9.80 Å². The minimum absolute atomic E-state index is 0.187. The number of piperazine rings is 1. The Morgan fingerprint density at radius 3 is 2.46 bits per heavy atom. The number of hydrogen-bond acceptors (Lipinski definition) is 5. The fraction of sp³-hybridized carbons (Fsp3) is 0.273. The van der Waals surface area contributed by atoms with Gasteiger partial charge in [0, 0.05) is 44.1 Å². The summed E-state index contributed by atoms with van der Waals surface area (Å²) in [6.07, 6.45) is 3.99. The number of rotatable bonds is 4. The van der Waals surface area contributed by atoms with E-state index in [2.05, 4.69) is 20.1 Å². The van der Waals surface area contributed by atoms with E-state index in [0.717, 1.165) is 35.7 Å². The van der Waals surface area contributed by atoms with Crippen molar-refractivity contribution in [3.8, 4) is 11.3 Å². The van der Waals surface area contributed by atoms with E-state index in [1.54, 1.807) is 12.4 Å². The summed E-state index contributed by atoms with van der Waals surface area (Å²) in [6, 6.07) is 15.9. The van der Waals surface area contributed by atoms with Crippen molar-refractivity contribution >= 4 is 11.7 Å². The fourth-order valence-electron chi connectivity index (χ4n) is 3.43. The second-order valence-electron chi connectivity index (χ2n) is 6.99. The Morgan fingerprint density at radius 1 is 0.964 bits per heavy atom. The van der Waals surface area contributed by atoms with Crippen LogP contribution in [0.5, 0.6) is 0 Å². The van der Waals surface area contributed by atoms with Gasteiger partial charge in [-0.2, -0.15) is 0 Å². The largest absolute Gasteiger partial charge is 0.352 e. The smallest absolute Gasteiger partial charge is 0.227 e. The number of aryl methyl sites for hydroxylation is 1. The standard InChI is InChI=1S/C22H23N5O/c1-17-5-2-3-6-18(17)15-22(28)27-13-11-26(12-14-27)21-9-8-20(24-25-21)19-7-4-10-23-16-19/h2-10,16H,11-15H2,1H3. The highest BCUT2D eigenvalue weighted by molar-refractivity contribution is 5.79. The molecule has 6 heteroatoms. The highest BCUT2D eigenvalue weighted by Crippen LogP contribution is 2.19. The molecule has 4 rings (SSSR count). The van der Waals surface area contributed by atoms with E-state index in [0.29, 0.717) is 19.5 Å². The van der Waals surface area contributed by atoms with Gasteiger partial charge in [-0.1, -0.05) is 24.3 Å². The zero-order chi connectivity index (χ0) is 19.3. The van der Waals surface area contributed by atoms with Crippen molar-refractivity contribution in [1.82, 2.24) is 20.1 Å². The molecule has 1 amide bonds. The number of aromatic nitrogens is 3. The number of nitrogens with zero attached hydrogens (tertiary/aromatic N) is 5. The molecule has 0 aliphatic carbocycles. The number of anilines is 1. The van der Waals surface area contributed by atoms with E-state index in [-0.39, 0.29) is 5.91 Å². The maximum absolute atomic E-state index is 12.6. The molecule has 28 heavy (non-hydrogen) atoms. The number of carbonyl (C=O) groups is 1. The molecule has 2 aromatic heterocycles. The Morgan fingerprint density at radius 2 is 1.79 bits per heavy atom. The number of hydrogen-bond donors (Lipinski definition) is 0. The molecule has 1 saturated heterocycles. The van der Waals surface area contributed by atoms with Gasteiger partial charge in [0.05, 0.1) is 12.1 Å². The maximum Gasteiger partial charge on any atom is 0.227 e. The average molecular weight is 373 g/mol. The second-order valence-corrected chi connectivity index (χ2v) is 6.99. The van der Waals surface area contributed by atoms with Crippen molar-refractivity contribution in [1.29, 1.82) is 0 Å². The van der Waals surface area contributed by atoms with E-state index in [1.807, 2.05) is 60.4 Å². The SMILES string of the molecule is Cc1ccccc1CC(=O)N1CCN(c2ccc(-c3cccnc3)nn2)CC1. The predicted molar refractivity (Wildman–Crippen MR) is 109 cm³/mol. The van der Waals surface area contributed by atoms with Crippen LogP contribution in [0.15, 0.2) is 60.9 Å². The summed E-state index contributed by atoms with van der Waals surface area (Å²) in [6.45, 7) is 4.99. The summed E-state index contributed by atoms with van der Waals surface area (Å²) in [4.78, 5) is 20.9. The Hall–Kier alpha value is -3.28. The third-order valence-corrected chi connectivity index (χ3v) is 5.17. The summed E-state index contributed by atoms with van der Waals surface area (Å²) in [7, 11) is 0. The lowest BCUT2D eigenvalue weighted by atomic mass is 10.1. The monoisotopic (exact) mass is 373 g/mol. The molecule has 0 unspecified atom stereocenters.